The summed E-state index contributed by atoms with van der Waals surface area (Å²) in [6.07, 6.45) is 3.33. The van der Waals surface area contributed by atoms with E-state index in [9.17, 15) is 13.6 Å². The molecule has 0 aromatic carbocycles. The average molecular weight is 441 g/mol. The predicted molar refractivity (Wildman–Crippen MR) is 119 cm³/mol. The number of nitrogens with zero attached hydrogens (tertiary/aromatic N) is 5. The Labute approximate surface area is 185 Å². The topological polar surface area (TPSA) is 95.9 Å². The van der Waals surface area contributed by atoms with Gasteiger partial charge < -0.3 is 15.5 Å². The van der Waals surface area contributed by atoms with Gasteiger partial charge in [-0.15, -0.1) is 0 Å². The third-order valence-corrected chi connectivity index (χ3v) is 4.32. The molecule has 0 saturated heterocycles. The molecule has 1 amide bonds. The molecule has 0 atom stereocenters. The third kappa shape index (κ3) is 6.01. The summed E-state index contributed by atoms with van der Waals surface area (Å²) in [5, 5.41) is 5.68. The number of aromatic nitrogens is 4. The molecule has 0 fully saturated rings. The zero-order valence-corrected chi connectivity index (χ0v) is 18.6. The molecule has 0 radical (unpaired) electrons. The summed E-state index contributed by atoms with van der Waals surface area (Å²) >= 11 is 0. The van der Waals surface area contributed by atoms with Crippen LogP contribution in [0.3, 0.4) is 0 Å². The highest BCUT2D eigenvalue weighted by molar-refractivity contribution is 5.89. The Morgan fingerprint density at radius 2 is 1.84 bits per heavy atom. The molecule has 3 aromatic rings. The largest absolute Gasteiger partial charge is 0.339 e. The van der Waals surface area contributed by atoms with Gasteiger partial charge in [0.1, 0.15) is 11.6 Å². The van der Waals surface area contributed by atoms with Gasteiger partial charge in [-0.3, -0.25) is 9.78 Å². The molecule has 0 saturated carbocycles. The van der Waals surface area contributed by atoms with E-state index in [2.05, 4.69) is 30.6 Å². The van der Waals surface area contributed by atoms with Gasteiger partial charge in [0.05, 0.1) is 11.4 Å². The van der Waals surface area contributed by atoms with Crippen LogP contribution in [0.4, 0.5) is 26.1 Å². The summed E-state index contributed by atoms with van der Waals surface area (Å²) in [5.41, 5.74) is 3.18. The molecule has 0 aliphatic carbocycles. The number of anilines is 3. The van der Waals surface area contributed by atoms with E-state index in [1.165, 1.54) is 6.92 Å². The summed E-state index contributed by atoms with van der Waals surface area (Å²) in [7, 11) is 3.94. The van der Waals surface area contributed by atoms with Crippen molar-refractivity contribution in [2.24, 2.45) is 0 Å². The van der Waals surface area contributed by atoms with Crippen LogP contribution in [0.5, 0.6) is 0 Å². The van der Waals surface area contributed by atoms with Crippen LogP contribution < -0.4 is 10.6 Å². The SMILES string of the molecule is CC(=O)Nc1cc(Nc2cc(C)nc(C(C)(F)F)n2)c(-c2ccc(CN(C)C)cn2)cn1. The molecule has 2 N–H and O–H groups in total. The number of hydrogen-bond acceptors (Lipinski definition) is 7. The fourth-order valence-corrected chi connectivity index (χ4v) is 3.02. The molecule has 3 heterocycles. The molecular formula is C22H25F2N7O. The normalized spacial score (nSPS) is 11.5. The van der Waals surface area contributed by atoms with Crippen molar-refractivity contribution in [3.8, 4) is 11.3 Å². The van der Waals surface area contributed by atoms with Gasteiger partial charge in [0, 0.05) is 56.2 Å². The lowest BCUT2D eigenvalue weighted by Gasteiger charge is -2.16. The highest BCUT2D eigenvalue weighted by Gasteiger charge is 2.29. The fourth-order valence-electron chi connectivity index (χ4n) is 3.02. The first-order valence-corrected chi connectivity index (χ1v) is 9.90. The highest BCUT2D eigenvalue weighted by atomic mass is 19.3. The van der Waals surface area contributed by atoms with Crippen LogP contribution in [-0.2, 0) is 17.3 Å². The van der Waals surface area contributed by atoms with E-state index < -0.39 is 11.7 Å². The van der Waals surface area contributed by atoms with Crippen molar-refractivity contribution in [2.45, 2.75) is 33.2 Å². The molecule has 0 unspecified atom stereocenters. The average Bonchev–Trinajstić information content (AvgIpc) is 2.67. The Morgan fingerprint density at radius 1 is 1.09 bits per heavy atom. The molecule has 32 heavy (non-hydrogen) atoms. The molecule has 3 rings (SSSR count). The van der Waals surface area contributed by atoms with Crippen LogP contribution in [0.25, 0.3) is 11.3 Å². The third-order valence-electron chi connectivity index (χ3n) is 4.32. The number of alkyl halides is 2. The van der Waals surface area contributed by atoms with Crippen molar-refractivity contribution in [1.29, 1.82) is 0 Å². The summed E-state index contributed by atoms with van der Waals surface area (Å²) in [6.45, 7) is 4.48. The maximum Gasteiger partial charge on any atom is 0.303 e. The lowest BCUT2D eigenvalue weighted by Crippen LogP contribution is -2.14. The summed E-state index contributed by atoms with van der Waals surface area (Å²) in [6, 6.07) is 6.98. The molecule has 0 bridgehead atoms. The van der Waals surface area contributed by atoms with Crippen molar-refractivity contribution in [3.63, 3.8) is 0 Å². The fraction of sp³-hybridized carbons (Fsp3) is 0.318. The van der Waals surface area contributed by atoms with Crippen LogP contribution in [0, 0.1) is 6.92 Å². The van der Waals surface area contributed by atoms with Gasteiger partial charge in [-0.1, -0.05) is 6.07 Å². The molecule has 0 spiro atoms. The second kappa shape index (κ2) is 9.31. The second-order valence-corrected chi connectivity index (χ2v) is 7.82. The number of carbonyl (C=O) groups excluding carboxylic acids is 1. The summed E-state index contributed by atoms with van der Waals surface area (Å²) in [4.78, 5) is 30.1. The molecule has 0 aliphatic rings. The lowest BCUT2D eigenvalue weighted by molar-refractivity contribution is -0.114. The van der Waals surface area contributed by atoms with Crippen LogP contribution >= 0.6 is 0 Å². The quantitative estimate of drug-likeness (QED) is 0.569. The molecular weight excluding hydrogens is 416 g/mol. The smallest absolute Gasteiger partial charge is 0.303 e. The van der Waals surface area contributed by atoms with Crippen molar-refractivity contribution in [3.05, 3.63) is 53.7 Å². The molecule has 168 valence electrons. The molecule has 3 aromatic heterocycles. The monoisotopic (exact) mass is 441 g/mol. The Hall–Kier alpha value is -3.53. The van der Waals surface area contributed by atoms with E-state index in [0.29, 0.717) is 28.5 Å². The maximum atomic E-state index is 13.8. The summed E-state index contributed by atoms with van der Waals surface area (Å²) < 4.78 is 27.6. The van der Waals surface area contributed by atoms with Crippen molar-refractivity contribution >= 4 is 23.2 Å². The lowest BCUT2D eigenvalue weighted by atomic mass is 10.1. The first kappa shape index (κ1) is 23.1. The first-order chi connectivity index (χ1) is 15.0. The van der Waals surface area contributed by atoms with Crippen LogP contribution in [-0.4, -0.2) is 44.8 Å². The van der Waals surface area contributed by atoms with Crippen molar-refractivity contribution in [1.82, 2.24) is 24.8 Å². The van der Waals surface area contributed by atoms with Gasteiger partial charge in [0.2, 0.25) is 11.7 Å². The Bertz CT molecular complexity index is 1110. The van der Waals surface area contributed by atoms with Gasteiger partial charge in [0.25, 0.3) is 0 Å². The van der Waals surface area contributed by atoms with E-state index in [4.69, 9.17) is 0 Å². The van der Waals surface area contributed by atoms with Crippen LogP contribution in [0.1, 0.15) is 30.9 Å². The van der Waals surface area contributed by atoms with Gasteiger partial charge in [0.15, 0.2) is 0 Å². The molecule has 10 heteroatoms. The number of rotatable bonds is 7. The van der Waals surface area contributed by atoms with Crippen molar-refractivity contribution < 1.29 is 13.6 Å². The van der Waals surface area contributed by atoms with Gasteiger partial charge in [-0.25, -0.2) is 15.0 Å². The van der Waals surface area contributed by atoms with Crippen LogP contribution in [0.2, 0.25) is 0 Å². The number of aryl methyl sites for hydroxylation is 1. The van der Waals surface area contributed by atoms with E-state index in [1.54, 1.807) is 31.5 Å². The highest BCUT2D eigenvalue weighted by Crippen LogP contribution is 2.31. The Balaban J connectivity index is 2.03. The first-order valence-electron chi connectivity index (χ1n) is 9.90. The second-order valence-electron chi connectivity index (χ2n) is 7.82. The Morgan fingerprint density at radius 3 is 2.44 bits per heavy atom. The number of nitrogens with one attached hydrogen (secondary N) is 2. The van der Waals surface area contributed by atoms with Gasteiger partial charge >= 0.3 is 5.92 Å². The van der Waals surface area contributed by atoms with E-state index >= 15 is 0 Å². The van der Waals surface area contributed by atoms with Gasteiger partial charge in [-0.2, -0.15) is 8.78 Å². The van der Waals surface area contributed by atoms with E-state index in [-0.39, 0.29) is 11.7 Å². The predicted octanol–water partition coefficient (Wildman–Crippen LogP) is 4.12. The molecule has 8 nitrogen and oxygen atoms in total. The molecule has 0 aliphatic heterocycles. The van der Waals surface area contributed by atoms with Crippen LogP contribution in [0.15, 0.2) is 36.7 Å². The minimum atomic E-state index is -3.19. The zero-order chi connectivity index (χ0) is 23.5. The minimum Gasteiger partial charge on any atom is -0.339 e. The Kier molecular flexibility index (Phi) is 6.73. The number of carbonyl (C=O) groups is 1. The number of halogens is 2. The van der Waals surface area contributed by atoms with E-state index in [0.717, 1.165) is 19.0 Å². The number of hydrogen-bond donors (Lipinski definition) is 2. The summed E-state index contributed by atoms with van der Waals surface area (Å²) in [5.74, 6) is -3.55. The minimum absolute atomic E-state index is 0.194. The maximum absolute atomic E-state index is 13.8. The number of amides is 1. The number of pyridine rings is 2. The van der Waals surface area contributed by atoms with E-state index in [1.807, 2.05) is 31.1 Å². The van der Waals surface area contributed by atoms with Gasteiger partial charge in [-0.05, 0) is 32.6 Å². The van der Waals surface area contributed by atoms with Crippen molar-refractivity contribution in [2.75, 3.05) is 24.7 Å². The standard InChI is InChI=1S/C22H25F2N7O/c1-13-8-20(30-21(27-13)22(3,23)24)29-18-9-19(28-14(2)32)26-11-16(18)17-7-6-15(10-25-17)12-31(4)5/h6-11H,12H2,1-5H3,(H2,26,27,28,29,30,32). The zero-order valence-electron chi connectivity index (χ0n) is 18.6.